The van der Waals surface area contributed by atoms with Gasteiger partial charge in [0.1, 0.15) is 11.2 Å². The van der Waals surface area contributed by atoms with Crippen molar-refractivity contribution in [3.05, 3.63) is 53.7 Å². The van der Waals surface area contributed by atoms with Crippen molar-refractivity contribution in [2.75, 3.05) is 6.54 Å². The third kappa shape index (κ3) is 2.42. The van der Waals surface area contributed by atoms with Gasteiger partial charge in [0.15, 0.2) is 0 Å². The van der Waals surface area contributed by atoms with Crippen LogP contribution in [0.2, 0.25) is 0 Å². The Morgan fingerprint density at radius 1 is 1.18 bits per heavy atom. The normalized spacial score (nSPS) is 18.7. The molecular formula is C18H18N3S. The number of nitrogens with zero attached hydrogens (tertiary/aromatic N) is 2. The largest absolute Gasteiger partial charge is 0.309 e. The van der Waals surface area contributed by atoms with E-state index in [2.05, 4.69) is 58.3 Å². The third-order valence-corrected chi connectivity index (χ3v) is 5.12. The molecule has 1 saturated heterocycles. The van der Waals surface area contributed by atoms with E-state index >= 15 is 0 Å². The van der Waals surface area contributed by atoms with Crippen molar-refractivity contribution >= 4 is 21.6 Å². The molecule has 3 aromatic rings. The summed E-state index contributed by atoms with van der Waals surface area (Å²) in [6, 6.07) is 9.00. The lowest BCUT2D eigenvalue weighted by Gasteiger charge is -2.23. The van der Waals surface area contributed by atoms with Crippen molar-refractivity contribution in [2.45, 2.75) is 25.8 Å². The quantitative estimate of drug-likeness (QED) is 0.767. The molecule has 0 spiro atoms. The molecule has 1 aliphatic heterocycles. The van der Waals surface area contributed by atoms with Gasteiger partial charge in [-0.3, -0.25) is 0 Å². The second-order valence-corrected chi connectivity index (χ2v) is 6.63. The number of aromatic nitrogens is 2. The molecule has 1 fully saturated rings. The number of hydrogen-bond donors (Lipinski definition) is 1. The smallest absolute Gasteiger partial charge is 0.127 e. The van der Waals surface area contributed by atoms with Gasteiger partial charge in [-0.1, -0.05) is 29.8 Å². The minimum atomic E-state index is 0.304. The first-order chi connectivity index (χ1) is 10.8. The maximum atomic E-state index is 4.62. The summed E-state index contributed by atoms with van der Waals surface area (Å²) in [7, 11) is 0. The van der Waals surface area contributed by atoms with Crippen LogP contribution in [0, 0.1) is 13.3 Å². The Bertz CT molecular complexity index is 786. The third-order valence-electron chi connectivity index (χ3n) is 4.23. The first-order valence-electron chi connectivity index (χ1n) is 7.67. The van der Waals surface area contributed by atoms with Crippen LogP contribution >= 0.6 is 11.3 Å². The maximum absolute atomic E-state index is 4.62. The van der Waals surface area contributed by atoms with Gasteiger partial charge in [0.25, 0.3) is 0 Å². The van der Waals surface area contributed by atoms with E-state index in [4.69, 9.17) is 0 Å². The Morgan fingerprint density at radius 3 is 2.82 bits per heavy atom. The lowest BCUT2D eigenvalue weighted by Crippen LogP contribution is -2.28. The molecule has 1 aliphatic rings. The number of rotatable bonds is 2. The molecule has 22 heavy (non-hydrogen) atoms. The molecule has 3 nitrogen and oxygen atoms in total. The van der Waals surface area contributed by atoms with Crippen molar-refractivity contribution in [3.8, 4) is 11.1 Å². The molecule has 4 rings (SSSR count). The van der Waals surface area contributed by atoms with Gasteiger partial charge in [-0.25, -0.2) is 9.97 Å². The fourth-order valence-corrected chi connectivity index (χ4v) is 3.97. The molecule has 3 heterocycles. The van der Waals surface area contributed by atoms with Crippen molar-refractivity contribution in [2.24, 2.45) is 0 Å². The number of benzene rings is 1. The van der Waals surface area contributed by atoms with Crippen LogP contribution < -0.4 is 5.32 Å². The second-order valence-electron chi connectivity index (χ2n) is 5.77. The monoisotopic (exact) mass is 308 g/mol. The summed E-state index contributed by atoms with van der Waals surface area (Å²) in [6.45, 7) is 3.14. The highest BCUT2D eigenvalue weighted by atomic mass is 32.1. The molecule has 0 bridgehead atoms. The molecule has 0 amide bonds. The number of nitrogens with one attached hydrogen (secondary N) is 1. The highest BCUT2D eigenvalue weighted by molar-refractivity contribution is 7.17. The van der Waals surface area contributed by atoms with E-state index in [1.54, 1.807) is 17.7 Å². The summed E-state index contributed by atoms with van der Waals surface area (Å²) in [5.41, 5.74) is 4.91. The Morgan fingerprint density at radius 2 is 2.05 bits per heavy atom. The molecule has 1 N–H and O–H groups in total. The number of hydrogen-bond acceptors (Lipinski definition) is 4. The first-order valence-corrected chi connectivity index (χ1v) is 8.55. The van der Waals surface area contributed by atoms with Crippen LogP contribution in [0.1, 0.15) is 30.1 Å². The fourth-order valence-electron chi connectivity index (χ4n) is 3.04. The van der Waals surface area contributed by atoms with E-state index in [0.29, 0.717) is 6.04 Å². The van der Waals surface area contributed by atoms with Crippen LogP contribution in [0.3, 0.4) is 0 Å². The van der Waals surface area contributed by atoms with Crippen LogP contribution in [-0.4, -0.2) is 16.5 Å². The highest BCUT2D eigenvalue weighted by Crippen LogP contribution is 2.37. The molecular weight excluding hydrogens is 290 g/mol. The average Bonchev–Trinajstić information content (AvgIpc) is 3.00. The molecule has 111 valence electrons. The summed E-state index contributed by atoms with van der Waals surface area (Å²) in [5.74, 6) is 0. The summed E-state index contributed by atoms with van der Waals surface area (Å²) < 4.78 is 0. The van der Waals surface area contributed by atoms with Crippen LogP contribution in [0.5, 0.6) is 0 Å². The molecule has 0 aliphatic carbocycles. The van der Waals surface area contributed by atoms with Gasteiger partial charge in [0.05, 0.1) is 11.7 Å². The van der Waals surface area contributed by atoms with Gasteiger partial charge < -0.3 is 5.32 Å². The standard InChI is InChI=1S/C18H18N3S/c1-12-5-7-13(8-6-12)14-10-22-18-16(14)17(20-11-21-18)15-4-2-3-9-19-15/h2,5-8,10-11,15,19H,3-4,9H2,1H3. The zero-order chi connectivity index (χ0) is 14.9. The Balaban J connectivity index is 1.87. The lowest BCUT2D eigenvalue weighted by atomic mass is 9.96. The first kappa shape index (κ1) is 13.9. The number of thiophene rings is 1. The number of fused-ring (bicyclic) bond motifs is 1. The van der Waals surface area contributed by atoms with E-state index in [9.17, 15) is 0 Å². The Labute approximate surface area is 134 Å². The van der Waals surface area contributed by atoms with Gasteiger partial charge in [-0.05, 0) is 38.3 Å². The highest BCUT2D eigenvalue weighted by Gasteiger charge is 2.21. The summed E-state index contributed by atoms with van der Waals surface area (Å²) >= 11 is 1.70. The van der Waals surface area contributed by atoms with Gasteiger partial charge in [0.2, 0.25) is 0 Å². The molecule has 4 heteroatoms. The minimum Gasteiger partial charge on any atom is -0.309 e. The van der Waals surface area contributed by atoms with Gasteiger partial charge in [-0.15, -0.1) is 11.3 Å². The number of aryl methyl sites for hydroxylation is 1. The van der Waals surface area contributed by atoms with Gasteiger partial charge >= 0.3 is 0 Å². The average molecular weight is 308 g/mol. The van der Waals surface area contributed by atoms with Crippen molar-refractivity contribution < 1.29 is 0 Å². The zero-order valence-electron chi connectivity index (χ0n) is 12.5. The van der Waals surface area contributed by atoms with E-state index in [1.165, 1.54) is 22.1 Å². The van der Waals surface area contributed by atoms with Gasteiger partial charge in [-0.2, -0.15) is 0 Å². The van der Waals surface area contributed by atoms with Crippen molar-refractivity contribution in [3.63, 3.8) is 0 Å². The number of piperidine rings is 1. The molecule has 1 unspecified atom stereocenters. The fraction of sp³-hybridized carbons (Fsp3) is 0.278. The van der Waals surface area contributed by atoms with E-state index in [-0.39, 0.29) is 0 Å². The molecule has 1 aromatic carbocycles. The molecule has 2 aromatic heterocycles. The summed E-state index contributed by atoms with van der Waals surface area (Å²) in [5, 5.41) is 7.01. The Kier molecular flexibility index (Phi) is 3.64. The summed E-state index contributed by atoms with van der Waals surface area (Å²) in [4.78, 5) is 10.2. The van der Waals surface area contributed by atoms with E-state index in [0.717, 1.165) is 29.9 Å². The second kappa shape index (κ2) is 5.78. The van der Waals surface area contributed by atoms with E-state index in [1.807, 2.05) is 0 Å². The predicted molar refractivity (Wildman–Crippen MR) is 91.9 cm³/mol. The Hall–Kier alpha value is -1.78. The van der Waals surface area contributed by atoms with Crippen LogP contribution in [0.25, 0.3) is 21.3 Å². The van der Waals surface area contributed by atoms with Crippen LogP contribution in [0.4, 0.5) is 0 Å². The maximum Gasteiger partial charge on any atom is 0.127 e. The topological polar surface area (TPSA) is 37.8 Å². The van der Waals surface area contributed by atoms with Crippen LogP contribution in [-0.2, 0) is 0 Å². The van der Waals surface area contributed by atoms with E-state index < -0.39 is 0 Å². The zero-order valence-corrected chi connectivity index (χ0v) is 13.4. The SMILES string of the molecule is Cc1ccc(-c2csc3ncnc(C4C[CH]CCN4)c23)cc1. The predicted octanol–water partition coefficient (Wildman–Crippen LogP) is 4.30. The molecule has 1 radical (unpaired) electrons. The molecule has 0 saturated carbocycles. The molecule has 1 atom stereocenters. The van der Waals surface area contributed by atoms with Crippen molar-refractivity contribution in [1.82, 2.24) is 15.3 Å². The lowest BCUT2D eigenvalue weighted by molar-refractivity contribution is 0.468. The summed E-state index contributed by atoms with van der Waals surface area (Å²) in [6.07, 6.45) is 6.23. The van der Waals surface area contributed by atoms with Crippen molar-refractivity contribution in [1.29, 1.82) is 0 Å². The minimum absolute atomic E-state index is 0.304. The van der Waals surface area contributed by atoms with Crippen LogP contribution in [0.15, 0.2) is 36.0 Å². The van der Waals surface area contributed by atoms with Gasteiger partial charge in [0, 0.05) is 16.3 Å².